The van der Waals surface area contributed by atoms with E-state index in [4.69, 9.17) is 4.74 Å². The Labute approximate surface area is 176 Å². The predicted octanol–water partition coefficient (Wildman–Crippen LogP) is 4.50. The highest BCUT2D eigenvalue weighted by atomic mass is 16.5. The summed E-state index contributed by atoms with van der Waals surface area (Å²) in [6, 6.07) is 16.6. The van der Waals surface area contributed by atoms with E-state index in [1.54, 1.807) is 31.4 Å². The second-order valence-corrected chi connectivity index (χ2v) is 8.81. The zero-order valence-corrected chi connectivity index (χ0v) is 17.8. The largest absolute Gasteiger partial charge is 0.497 e. The standard InChI is InChI=1S/C24H27N3O3/c1-22(2)23(3)14-15-24(22,21(29)25-16-10-12-18(30-4)13-11-16)20(28)19(23)27-26-17-8-6-5-7-9-17/h5-13,26H,14-15H2,1-4H3,(H,25,29). The summed E-state index contributed by atoms with van der Waals surface area (Å²) in [6.07, 6.45) is 1.25. The average Bonchev–Trinajstić information content (AvgIpc) is 3.03. The minimum Gasteiger partial charge on any atom is -0.497 e. The molecule has 0 saturated heterocycles. The number of methoxy groups -OCH3 is 1. The summed E-state index contributed by atoms with van der Waals surface area (Å²) >= 11 is 0. The number of rotatable bonds is 5. The minimum atomic E-state index is -1.14. The van der Waals surface area contributed by atoms with Crippen LogP contribution in [0.2, 0.25) is 0 Å². The fourth-order valence-electron chi connectivity index (χ4n) is 5.02. The third kappa shape index (κ3) is 2.66. The van der Waals surface area contributed by atoms with E-state index in [2.05, 4.69) is 15.8 Å². The molecule has 4 rings (SSSR count). The molecule has 6 nitrogen and oxygen atoms in total. The van der Waals surface area contributed by atoms with Gasteiger partial charge in [0.05, 0.1) is 12.8 Å². The predicted molar refractivity (Wildman–Crippen MR) is 118 cm³/mol. The van der Waals surface area contributed by atoms with E-state index in [0.29, 0.717) is 23.6 Å². The average molecular weight is 405 g/mol. The van der Waals surface area contributed by atoms with Gasteiger partial charge in [0.15, 0.2) is 5.78 Å². The van der Waals surface area contributed by atoms with Crippen LogP contribution in [0.5, 0.6) is 5.75 Å². The van der Waals surface area contributed by atoms with Crippen LogP contribution < -0.4 is 15.5 Å². The number of anilines is 2. The summed E-state index contributed by atoms with van der Waals surface area (Å²) in [5, 5.41) is 7.46. The molecule has 0 aromatic heterocycles. The van der Waals surface area contributed by atoms with Crippen LogP contribution in [0.1, 0.15) is 33.6 Å². The number of hydrazone groups is 1. The van der Waals surface area contributed by atoms with E-state index < -0.39 is 16.2 Å². The molecule has 30 heavy (non-hydrogen) atoms. The lowest BCUT2D eigenvalue weighted by atomic mass is 9.64. The first-order valence-corrected chi connectivity index (χ1v) is 10.2. The third-order valence-corrected chi connectivity index (χ3v) is 7.38. The summed E-state index contributed by atoms with van der Waals surface area (Å²) in [4.78, 5) is 27.1. The van der Waals surface area contributed by atoms with Crippen molar-refractivity contribution in [1.82, 2.24) is 0 Å². The first-order valence-electron chi connectivity index (χ1n) is 10.2. The lowest BCUT2D eigenvalue weighted by Crippen LogP contribution is -2.47. The van der Waals surface area contributed by atoms with Gasteiger partial charge in [0.2, 0.25) is 5.91 Å². The van der Waals surface area contributed by atoms with E-state index >= 15 is 0 Å². The molecule has 156 valence electrons. The zero-order valence-electron chi connectivity index (χ0n) is 17.8. The second-order valence-electron chi connectivity index (χ2n) is 8.81. The van der Waals surface area contributed by atoms with Crippen molar-refractivity contribution >= 4 is 28.8 Å². The minimum absolute atomic E-state index is 0.185. The van der Waals surface area contributed by atoms with Gasteiger partial charge in [-0.2, -0.15) is 5.10 Å². The van der Waals surface area contributed by atoms with Gasteiger partial charge < -0.3 is 10.1 Å². The molecule has 2 fully saturated rings. The number of benzene rings is 2. The lowest BCUT2D eigenvalue weighted by Gasteiger charge is -2.37. The van der Waals surface area contributed by atoms with Crippen molar-refractivity contribution in [2.24, 2.45) is 21.3 Å². The Morgan fingerprint density at radius 1 is 0.967 bits per heavy atom. The number of para-hydroxylation sites is 1. The van der Waals surface area contributed by atoms with Crippen molar-refractivity contribution < 1.29 is 14.3 Å². The molecule has 2 aliphatic carbocycles. The molecule has 2 atom stereocenters. The van der Waals surface area contributed by atoms with Crippen molar-refractivity contribution in [3.05, 3.63) is 54.6 Å². The Morgan fingerprint density at radius 3 is 2.27 bits per heavy atom. The summed E-state index contributed by atoms with van der Waals surface area (Å²) in [5.41, 5.74) is 2.71. The highest BCUT2D eigenvalue weighted by molar-refractivity contribution is 6.51. The number of nitrogens with zero attached hydrogens (tertiary/aromatic N) is 1. The Balaban J connectivity index is 1.66. The van der Waals surface area contributed by atoms with E-state index in [0.717, 1.165) is 12.1 Å². The molecule has 2 saturated carbocycles. The Morgan fingerprint density at radius 2 is 1.63 bits per heavy atom. The smallest absolute Gasteiger partial charge is 0.239 e. The van der Waals surface area contributed by atoms with Crippen molar-refractivity contribution in [1.29, 1.82) is 0 Å². The molecule has 2 unspecified atom stereocenters. The molecular formula is C24H27N3O3. The molecule has 2 aliphatic rings. The van der Waals surface area contributed by atoms with Crippen molar-refractivity contribution in [2.45, 2.75) is 33.6 Å². The van der Waals surface area contributed by atoms with Crippen LogP contribution in [0.15, 0.2) is 59.7 Å². The van der Waals surface area contributed by atoms with Crippen molar-refractivity contribution in [3.8, 4) is 5.75 Å². The quantitative estimate of drug-likeness (QED) is 0.567. The Hall–Kier alpha value is -3.15. The normalized spacial score (nSPS) is 27.9. The topological polar surface area (TPSA) is 79.8 Å². The Bertz CT molecular complexity index is 1010. The molecule has 0 spiro atoms. The zero-order chi connectivity index (χ0) is 21.6. The number of nitrogens with one attached hydrogen (secondary N) is 2. The monoisotopic (exact) mass is 405 g/mol. The van der Waals surface area contributed by atoms with Crippen LogP contribution in [-0.2, 0) is 9.59 Å². The van der Waals surface area contributed by atoms with Gasteiger partial charge in [-0.3, -0.25) is 15.0 Å². The van der Waals surface area contributed by atoms with E-state index in [1.165, 1.54) is 0 Å². The van der Waals surface area contributed by atoms with Crippen LogP contribution in [0, 0.1) is 16.2 Å². The number of hydrogen-bond acceptors (Lipinski definition) is 5. The van der Waals surface area contributed by atoms with Gasteiger partial charge in [0, 0.05) is 11.1 Å². The molecule has 2 bridgehead atoms. The first-order chi connectivity index (χ1) is 14.3. The number of ether oxygens (including phenoxy) is 1. The number of ketones is 1. The number of amides is 1. The molecule has 6 heteroatoms. The van der Waals surface area contributed by atoms with Gasteiger partial charge in [-0.1, -0.05) is 39.0 Å². The molecule has 2 N–H and O–H groups in total. The van der Waals surface area contributed by atoms with Crippen LogP contribution in [0.25, 0.3) is 0 Å². The molecule has 0 heterocycles. The summed E-state index contributed by atoms with van der Waals surface area (Å²) in [7, 11) is 1.59. The van der Waals surface area contributed by atoms with Gasteiger partial charge in [-0.25, -0.2) is 0 Å². The maximum absolute atomic E-state index is 13.6. The number of fused-ring (bicyclic) bond motifs is 2. The van der Waals surface area contributed by atoms with E-state index in [9.17, 15) is 9.59 Å². The fraction of sp³-hybridized carbons (Fsp3) is 0.375. The summed E-state index contributed by atoms with van der Waals surface area (Å²) in [6.45, 7) is 6.07. The number of Topliss-reactive ketones (excluding diaryl/α,β-unsaturated/α-hetero) is 1. The van der Waals surface area contributed by atoms with E-state index in [1.807, 2.05) is 51.1 Å². The summed E-state index contributed by atoms with van der Waals surface area (Å²) < 4.78 is 5.17. The maximum Gasteiger partial charge on any atom is 0.239 e. The molecule has 0 radical (unpaired) electrons. The number of carbonyl (C=O) groups excluding carboxylic acids is 2. The van der Waals surface area contributed by atoms with Gasteiger partial charge >= 0.3 is 0 Å². The Kier molecular flexibility index (Phi) is 4.68. The van der Waals surface area contributed by atoms with Gasteiger partial charge in [-0.05, 0) is 54.7 Å². The van der Waals surface area contributed by atoms with Crippen molar-refractivity contribution in [3.63, 3.8) is 0 Å². The fourth-order valence-corrected chi connectivity index (χ4v) is 5.02. The molecule has 2 aromatic carbocycles. The van der Waals surface area contributed by atoms with Gasteiger partial charge in [-0.15, -0.1) is 0 Å². The van der Waals surface area contributed by atoms with Crippen LogP contribution >= 0.6 is 0 Å². The highest BCUT2D eigenvalue weighted by Crippen LogP contribution is 2.69. The van der Waals surface area contributed by atoms with E-state index in [-0.39, 0.29) is 11.7 Å². The number of carbonyl (C=O) groups is 2. The summed E-state index contributed by atoms with van der Waals surface area (Å²) in [5.74, 6) is 0.255. The van der Waals surface area contributed by atoms with Crippen LogP contribution in [-0.4, -0.2) is 24.5 Å². The van der Waals surface area contributed by atoms with Gasteiger partial charge in [0.25, 0.3) is 0 Å². The molecule has 1 amide bonds. The first kappa shape index (κ1) is 20.1. The van der Waals surface area contributed by atoms with Gasteiger partial charge in [0.1, 0.15) is 16.9 Å². The van der Waals surface area contributed by atoms with Crippen LogP contribution in [0.3, 0.4) is 0 Å². The lowest BCUT2D eigenvalue weighted by molar-refractivity contribution is -0.139. The molecular weight excluding hydrogens is 378 g/mol. The van der Waals surface area contributed by atoms with Crippen molar-refractivity contribution in [2.75, 3.05) is 17.9 Å². The second kappa shape index (κ2) is 6.97. The maximum atomic E-state index is 13.6. The van der Waals surface area contributed by atoms with Crippen LogP contribution in [0.4, 0.5) is 11.4 Å². The SMILES string of the molecule is COc1ccc(NC(=O)C23CCC(C)(C(=NNc4ccccc4)C2=O)C3(C)C)cc1. The highest BCUT2D eigenvalue weighted by Gasteiger charge is 2.76. The number of hydrogen-bond donors (Lipinski definition) is 2. The third-order valence-electron chi connectivity index (χ3n) is 7.38. The molecule has 2 aromatic rings. The molecule has 0 aliphatic heterocycles.